The fourth-order valence-corrected chi connectivity index (χ4v) is 9.63. The maximum atomic E-state index is 12.8. The molecular weight excluding hydrogens is 713 g/mol. The van der Waals surface area contributed by atoms with Gasteiger partial charge in [-0.2, -0.15) is 0 Å². The van der Waals surface area contributed by atoms with Gasteiger partial charge in [0, 0.05) is 39.6 Å². The van der Waals surface area contributed by atoms with E-state index in [2.05, 4.69) is 164 Å². The van der Waals surface area contributed by atoms with E-state index in [0.29, 0.717) is 0 Å². The molecule has 0 fully saturated rings. The lowest BCUT2D eigenvalue weighted by molar-refractivity contribution is 0.355. The molecule has 1 N–H and O–H groups in total. The zero-order valence-electron chi connectivity index (χ0n) is 32.3. The van der Waals surface area contributed by atoms with E-state index in [-0.39, 0.29) is 23.1 Å². The van der Waals surface area contributed by atoms with Crippen molar-refractivity contribution in [2.24, 2.45) is 0 Å². The van der Waals surface area contributed by atoms with Gasteiger partial charge in [0.1, 0.15) is 23.2 Å². The van der Waals surface area contributed by atoms with Crippen molar-refractivity contribution in [3.63, 3.8) is 0 Å². The van der Waals surface area contributed by atoms with Gasteiger partial charge in [0.2, 0.25) is 0 Å². The van der Waals surface area contributed by atoms with E-state index < -0.39 is 0 Å². The molecule has 3 aromatic heterocycles. The van der Waals surface area contributed by atoms with Crippen LogP contribution in [0.1, 0.15) is 37.8 Å². The van der Waals surface area contributed by atoms with Crippen LogP contribution in [0.25, 0.3) is 71.9 Å². The Bertz CT molecular complexity index is 3280. The van der Waals surface area contributed by atoms with E-state index >= 15 is 0 Å². The lowest BCUT2D eigenvalue weighted by Gasteiger charge is -2.38. The second-order valence-corrected chi connectivity index (χ2v) is 16.8. The van der Waals surface area contributed by atoms with Gasteiger partial charge in [0.15, 0.2) is 5.75 Å². The van der Waals surface area contributed by atoms with E-state index in [4.69, 9.17) is 14.7 Å². The van der Waals surface area contributed by atoms with E-state index in [0.717, 1.165) is 100 Å². The second-order valence-electron chi connectivity index (χ2n) is 16.8. The predicted octanol–water partition coefficient (Wildman–Crippen LogP) is 12.6. The van der Waals surface area contributed by atoms with Crippen LogP contribution in [-0.4, -0.2) is 25.5 Å². The number of aromatic hydroxyl groups is 1. The van der Waals surface area contributed by atoms with Crippen molar-refractivity contribution in [3.8, 4) is 45.0 Å². The second kappa shape index (κ2) is 11.9. The van der Waals surface area contributed by atoms with Gasteiger partial charge in [-0.3, -0.25) is 9.38 Å². The average Bonchev–Trinajstić information content (AvgIpc) is 3.81. The summed E-state index contributed by atoms with van der Waals surface area (Å²) < 4.78 is 8.72. The van der Waals surface area contributed by atoms with Gasteiger partial charge < -0.3 is 14.7 Å². The summed E-state index contributed by atoms with van der Waals surface area (Å²) in [7, 11) is 0. The smallest absolute Gasteiger partial charge is 0.150 e. The summed E-state index contributed by atoms with van der Waals surface area (Å²) in [4.78, 5) is 12.8. The van der Waals surface area contributed by atoms with E-state index in [1.807, 2.05) is 24.4 Å². The number of ether oxygens (including phenoxy) is 1. The van der Waals surface area contributed by atoms with Gasteiger partial charge in [-0.15, -0.1) is 0 Å². The Labute approximate surface area is 335 Å². The average molecular weight is 751 g/mol. The number of rotatable bonds is 3. The minimum absolute atomic E-state index is 0.0857. The molecular formula is C52H38N4O2. The van der Waals surface area contributed by atoms with E-state index in [1.54, 1.807) is 0 Å². The molecule has 0 bridgehead atoms. The van der Waals surface area contributed by atoms with Crippen molar-refractivity contribution in [2.75, 3.05) is 4.90 Å². The molecule has 58 heavy (non-hydrogen) atoms. The fraction of sp³-hybridized carbons (Fsp3) is 0.115. The third-order valence-electron chi connectivity index (χ3n) is 12.4. The summed E-state index contributed by atoms with van der Waals surface area (Å²) in [5.74, 6) is 1.88. The van der Waals surface area contributed by atoms with Crippen LogP contribution in [0, 0.1) is 0 Å². The van der Waals surface area contributed by atoms with Crippen LogP contribution in [0.5, 0.6) is 11.5 Å². The molecule has 5 heterocycles. The summed E-state index contributed by atoms with van der Waals surface area (Å²) in [6, 6.07) is 46.9. The first kappa shape index (κ1) is 33.0. The Morgan fingerprint density at radius 2 is 1.48 bits per heavy atom. The maximum Gasteiger partial charge on any atom is 0.150 e. The number of imidazole rings is 1. The summed E-state index contributed by atoms with van der Waals surface area (Å²) in [5.41, 5.74) is 14.0. The van der Waals surface area contributed by atoms with Gasteiger partial charge in [0.25, 0.3) is 0 Å². The van der Waals surface area contributed by atoms with Gasteiger partial charge in [-0.25, -0.2) is 4.98 Å². The zero-order chi connectivity index (χ0) is 38.9. The third kappa shape index (κ3) is 4.66. The molecule has 2 aliphatic heterocycles. The number of pyridine rings is 2. The third-order valence-corrected chi connectivity index (χ3v) is 12.4. The molecule has 0 saturated heterocycles. The quantitative estimate of drug-likeness (QED) is 0.182. The number of benzene rings is 6. The summed E-state index contributed by atoms with van der Waals surface area (Å²) >= 11 is 0. The molecule has 1 aliphatic carbocycles. The topological polar surface area (TPSA) is 62.9 Å². The lowest BCUT2D eigenvalue weighted by atomic mass is 9.83. The molecule has 6 heteroatoms. The van der Waals surface area contributed by atoms with Crippen molar-refractivity contribution in [1.82, 2.24) is 14.4 Å². The van der Waals surface area contributed by atoms with Gasteiger partial charge >= 0.3 is 0 Å². The van der Waals surface area contributed by atoms with Crippen LogP contribution < -0.4 is 9.64 Å². The number of phenolic OH excluding ortho intramolecular Hbond substituents is 1. The van der Waals surface area contributed by atoms with Gasteiger partial charge in [0.05, 0.1) is 39.0 Å². The normalized spacial score (nSPS) is 16.7. The number of anilines is 2. The highest BCUT2D eigenvalue weighted by molar-refractivity contribution is 6.18. The standard InChI is InChI=1S/C52H38N4O2/c1-52(2,3)34-26-32(25-33(27-34)39-28-31(23-24-53-39)30-13-5-4-6-14-30)35-16-11-20-42-48(35)54-51-47-38(36-15-7-8-18-40(36)56(42)51)29-43-46(50(47)57)37-17-12-22-45-49(37)55(43)41-19-9-10-21-44(41)58-45/h4-29,37,49,57H,1-3H3. The van der Waals surface area contributed by atoms with Crippen molar-refractivity contribution in [3.05, 3.63) is 175 Å². The SMILES string of the molecule is CC(C)(C)c1cc(-c2cc(-c3ccccc3)ccn2)cc(-c2cccc3c2nc2c4c(O)c5c(cc4c4ccccc4n32)N2c3ccccc3OC3=CC=CC5C32)c1. The maximum absolute atomic E-state index is 12.8. The number of allylic oxidation sites excluding steroid dienone is 2. The summed E-state index contributed by atoms with van der Waals surface area (Å²) in [5, 5.41) is 15.5. The van der Waals surface area contributed by atoms with Crippen LogP contribution in [0.15, 0.2) is 164 Å². The van der Waals surface area contributed by atoms with E-state index in [9.17, 15) is 5.11 Å². The number of nitrogens with zero attached hydrogens (tertiary/aromatic N) is 4. The highest BCUT2D eigenvalue weighted by Gasteiger charge is 2.48. The predicted molar refractivity (Wildman–Crippen MR) is 235 cm³/mol. The Kier molecular flexibility index (Phi) is 6.78. The first-order valence-corrected chi connectivity index (χ1v) is 20.0. The number of hydrogen-bond acceptors (Lipinski definition) is 5. The Hall–Kier alpha value is -7.18. The number of hydrogen-bond donors (Lipinski definition) is 1. The highest BCUT2D eigenvalue weighted by Crippen LogP contribution is 2.59. The Morgan fingerprint density at radius 3 is 2.36 bits per heavy atom. The lowest BCUT2D eigenvalue weighted by Crippen LogP contribution is -2.38. The summed E-state index contributed by atoms with van der Waals surface area (Å²) in [6.45, 7) is 6.77. The fourth-order valence-electron chi connectivity index (χ4n) is 9.63. The molecule has 3 aliphatic rings. The van der Waals surface area contributed by atoms with E-state index in [1.165, 1.54) is 5.56 Å². The number of para-hydroxylation sites is 4. The number of fused-ring (bicyclic) bond motifs is 13. The zero-order valence-corrected chi connectivity index (χ0v) is 32.3. The molecule has 9 aromatic rings. The molecule has 2 unspecified atom stereocenters. The molecule has 0 amide bonds. The largest absolute Gasteiger partial charge is 0.507 e. The molecule has 0 spiro atoms. The van der Waals surface area contributed by atoms with Gasteiger partial charge in [-0.05, 0) is 88.3 Å². The number of phenols is 1. The minimum Gasteiger partial charge on any atom is -0.507 e. The Balaban J connectivity index is 1.12. The molecule has 0 saturated carbocycles. The number of aromatic nitrogens is 3. The molecule has 2 atom stereocenters. The first-order chi connectivity index (χ1) is 28.3. The summed E-state index contributed by atoms with van der Waals surface area (Å²) in [6.07, 6.45) is 8.21. The molecule has 0 radical (unpaired) electrons. The van der Waals surface area contributed by atoms with Crippen molar-refractivity contribution in [1.29, 1.82) is 0 Å². The molecule has 278 valence electrons. The van der Waals surface area contributed by atoms with Gasteiger partial charge in [-0.1, -0.05) is 112 Å². The first-order valence-electron chi connectivity index (χ1n) is 20.0. The van der Waals surface area contributed by atoms with Crippen molar-refractivity contribution in [2.45, 2.75) is 38.1 Å². The molecule has 6 aromatic carbocycles. The monoisotopic (exact) mass is 750 g/mol. The van der Waals surface area contributed by atoms with Crippen molar-refractivity contribution >= 4 is 49.7 Å². The van der Waals surface area contributed by atoms with Crippen LogP contribution >= 0.6 is 0 Å². The molecule has 12 rings (SSSR count). The van der Waals surface area contributed by atoms with Crippen LogP contribution in [0.3, 0.4) is 0 Å². The van der Waals surface area contributed by atoms with Crippen molar-refractivity contribution < 1.29 is 9.84 Å². The Morgan fingerprint density at radius 1 is 0.690 bits per heavy atom. The molecule has 6 nitrogen and oxygen atoms in total. The van der Waals surface area contributed by atoms with Crippen LogP contribution in [0.4, 0.5) is 11.4 Å². The highest BCUT2D eigenvalue weighted by atomic mass is 16.5. The van der Waals surface area contributed by atoms with Crippen LogP contribution in [-0.2, 0) is 5.41 Å². The minimum atomic E-state index is -0.117. The van der Waals surface area contributed by atoms with Crippen LogP contribution in [0.2, 0.25) is 0 Å².